The average Bonchev–Trinajstić information content (AvgIpc) is 3.09. The molecule has 2 aromatic heterocycles. The third-order valence-corrected chi connectivity index (χ3v) is 6.01. The van der Waals surface area contributed by atoms with Gasteiger partial charge < -0.3 is 5.32 Å². The number of benzene rings is 1. The molecule has 0 aliphatic carbocycles. The quantitative estimate of drug-likeness (QED) is 0.574. The molecule has 0 saturated heterocycles. The normalized spacial score (nSPS) is 11.6. The molecule has 142 valence electrons. The van der Waals surface area contributed by atoms with Crippen LogP contribution >= 0.6 is 0 Å². The van der Waals surface area contributed by atoms with Crippen molar-refractivity contribution in [1.82, 2.24) is 20.1 Å². The van der Waals surface area contributed by atoms with Gasteiger partial charge in [0.2, 0.25) is 0 Å². The Labute approximate surface area is 160 Å². The van der Waals surface area contributed by atoms with Crippen molar-refractivity contribution in [3.8, 4) is 11.3 Å². The standard InChI is InChI=1S/C20H24N4O2S/c1-2-27(25,26)12-11-22-14-19-16-24(15-17-7-4-3-5-8-17)23-20(19)18-9-6-10-21-13-18/h3-10,13,16,22H,2,11-12,14-15H2,1H3. The molecule has 0 atom stereocenters. The van der Waals surface area contributed by atoms with Crippen LogP contribution in [0.4, 0.5) is 0 Å². The predicted molar refractivity (Wildman–Crippen MR) is 107 cm³/mol. The van der Waals surface area contributed by atoms with Gasteiger partial charge in [0.1, 0.15) is 0 Å². The largest absolute Gasteiger partial charge is 0.312 e. The van der Waals surface area contributed by atoms with Gasteiger partial charge >= 0.3 is 0 Å². The Bertz CT molecular complexity index is 954. The second-order valence-corrected chi connectivity index (χ2v) is 8.81. The second-order valence-electron chi connectivity index (χ2n) is 6.34. The third-order valence-electron chi connectivity index (χ3n) is 4.30. The zero-order valence-electron chi connectivity index (χ0n) is 15.4. The summed E-state index contributed by atoms with van der Waals surface area (Å²) >= 11 is 0. The second kappa shape index (κ2) is 8.92. The summed E-state index contributed by atoms with van der Waals surface area (Å²) in [6, 6.07) is 14.0. The first-order chi connectivity index (χ1) is 13.1. The Morgan fingerprint density at radius 3 is 2.63 bits per heavy atom. The predicted octanol–water partition coefficient (Wildman–Crippen LogP) is 2.52. The minimum atomic E-state index is -2.97. The number of sulfone groups is 1. The molecule has 7 heteroatoms. The van der Waals surface area contributed by atoms with E-state index in [1.807, 2.05) is 41.2 Å². The van der Waals surface area contributed by atoms with Gasteiger partial charge in [-0.05, 0) is 17.7 Å². The average molecular weight is 385 g/mol. The van der Waals surface area contributed by atoms with Crippen LogP contribution in [0.15, 0.2) is 61.1 Å². The van der Waals surface area contributed by atoms with Crippen molar-refractivity contribution < 1.29 is 8.42 Å². The van der Waals surface area contributed by atoms with Crippen molar-refractivity contribution in [2.24, 2.45) is 0 Å². The molecule has 6 nitrogen and oxygen atoms in total. The Hall–Kier alpha value is -2.51. The van der Waals surface area contributed by atoms with E-state index in [1.165, 1.54) is 5.56 Å². The van der Waals surface area contributed by atoms with Gasteiger partial charge in [-0.3, -0.25) is 9.67 Å². The molecule has 0 radical (unpaired) electrons. The molecule has 0 aliphatic rings. The highest BCUT2D eigenvalue weighted by molar-refractivity contribution is 7.91. The number of hydrogen-bond acceptors (Lipinski definition) is 5. The van der Waals surface area contributed by atoms with E-state index in [1.54, 1.807) is 19.3 Å². The molecule has 0 spiro atoms. The molecule has 0 unspecified atom stereocenters. The van der Waals surface area contributed by atoms with E-state index in [9.17, 15) is 8.42 Å². The van der Waals surface area contributed by atoms with E-state index < -0.39 is 9.84 Å². The lowest BCUT2D eigenvalue weighted by atomic mass is 10.1. The van der Waals surface area contributed by atoms with Gasteiger partial charge in [-0.1, -0.05) is 37.3 Å². The van der Waals surface area contributed by atoms with Gasteiger partial charge in [-0.25, -0.2) is 8.42 Å². The van der Waals surface area contributed by atoms with Gasteiger partial charge in [0.25, 0.3) is 0 Å². The van der Waals surface area contributed by atoms with Crippen LogP contribution in [0.3, 0.4) is 0 Å². The van der Waals surface area contributed by atoms with Crippen LogP contribution in [-0.2, 0) is 22.9 Å². The van der Waals surface area contributed by atoms with Crippen molar-refractivity contribution in [3.63, 3.8) is 0 Å². The summed E-state index contributed by atoms with van der Waals surface area (Å²) in [6.07, 6.45) is 5.54. The number of rotatable bonds is 9. The molecule has 0 saturated carbocycles. The van der Waals surface area contributed by atoms with Crippen LogP contribution in [-0.4, -0.2) is 41.2 Å². The van der Waals surface area contributed by atoms with Crippen molar-refractivity contribution in [3.05, 3.63) is 72.2 Å². The fourth-order valence-corrected chi connectivity index (χ4v) is 3.53. The maximum atomic E-state index is 11.6. The Morgan fingerprint density at radius 1 is 1.11 bits per heavy atom. The van der Waals surface area contributed by atoms with E-state index in [4.69, 9.17) is 5.10 Å². The fourth-order valence-electron chi connectivity index (χ4n) is 2.78. The highest BCUT2D eigenvalue weighted by Crippen LogP contribution is 2.21. The topological polar surface area (TPSA) is 76.9 Å². The molecular formula is C20H24N4O2S. The summed E-state index contributed by atoms with van der Waals surface area (Å²) in [5.74, 6) is 0.314. The zero-order valence-corrected chi connectivity index (χ0v) is 16.2. The van der Waals surface area contributed by atoms with E-state index in [0.717, 1.165) is 16.8 Å². The number of aromatic nitrogens is 3. The lowest BCUT2D eigenvalue weighted by Gasteiger charge is -2.05. The van der Waals surface area contributed by atoms with Crippen LogP contribution in [0.1, 0.15) is 18.1 Å². The minimum Gasteiger partial charge on any atom is -0.312 e. The summed E-state index contributed by atoms with van der Waals surface area (Å²) < 4.78 is 25.2. The van der Waals surface area contributed by atoms with Gasteiger partial charge in [-0.15, -0.1) is 0 Å². The summed E-state index contributed by atoms with van der Waals surface area (Å²) in [5.41, 5.74) is 4.01. The third kappa shape index (κ3) is 5.48. The number of nitrogens with zero attached hydrogens (tertiary/aromatic N) is 3. The lowest BCUT2D eigenvalue weighted by Crippen LogP contribution is -2.23. The molecule has 0 bridgehead atoms. The number of hydrogen-bond donors (Lipinski definition) is 1. The van der Waals surface area contributed by atoms with Crippen molar-refractivity contribution in [2.75, 3.05) is 18.1 Å². The van der Waals surface area contributed by atoms with E-state index in [0.29, 0.717) is 19.6 Å². The van der Waals surface area contributed by atoms with E-state index in [2.05, 4.69) is 22.4 Å². The summed E-state index contributed by atoms with van der Waals surface area (Å²) in [5, 5.41) is 7.96. The fraction of sp³-hybridized carbons (Fsp3) is 0.300. The SMILES string of the molecule is CCS(=O)(=O)CCNCc1cn(Cc2ccccc2)nc1-c1cccnc1. The van der Waals surface area contributed by atoms with Gasteiger partial charge in [-0.2, -0.15) is 5.10 Å². The molecule has 2 heterocycles. The highest BCUT2D eigenvalue weighted by Gasteiger charge is 2.12. The van der Waals surface area contributed by atoms with Crippen LogP contribution in [0.5, 0.6) is 0 Å². The molecule has 0 amide bonds. The maximum Gasteiger partial charge on any atom is 0.151 e. The lowest BCUT2D eigenvalue weighted by molar-refractivity contribution is 0.592. The summed E-state index contributed by atoms with van der Waals surface area (Å²) in [6.45, 7) is 3.33. The van der Waals surface area contributed by atoms with Gasteiger partial charge in [0, 0.05) is 48.6 Å². The van der Waals surface area contributed by atoms with Crippen molar-refractivity contribution >= 4 is 9.84 Å². The summed E-state index contributed by atoms with van der Waals surface area (Å²) in [7, 11) is -2.97. The molecule has 27 heavy (non-hydrogen) atoms. The Balaban J connectivity index is 1.76. The van der Waals surface area contributed by atoms with E-state index >= 15 is 0 Å². The van der Waals surface area contributed by atoms with E-state index in [-0.39, 0.29) is 11.5 Å². The van der Waals surface area contributed by atoms with Crippen molar-refractivity contribution in [1.29, 1.82) is 0 Å². The Kier molecular flexibility index (Phi) is 6.36. The highest BCUT2D eigenvalue weighted by atomic mass is 32.2. The van der Waals surface area contributed by atoms with Crippen LogP contribution in [0, 0.1) is 0 Å². The first-order valence-corrected chi connectivity index (χ1v) is 10.8. The van der Waals surface area contributed by atoms with Gasteiger partial charge in [0.05, 0.1) is 18.0 Å². The first kappa shape index (κ1) is 19.3. The smallest absolute Gasteiger partial charge is 0.151 e. The van der Waals surface area contributed by atoms with Gasteiger partial charge in [0.15, 0.2) is 9.84 Å². The number of nitrogens with one attached hydrogen (secondary N) is 1. The molecular weight excluding hydrogens is 360 g/mol. The van der Waals surface area contributed by atoms with Crippen LogP contribution in [0.25, 0.3) is 11.3 Å². The molecule has 1 aromatic carbocycles. The Morgan fingerprint density at radius 2 is 1.93 bits per heavy atom. The molecule has 0 aliphatic heterocycles. The molecule has 3 aromatic rings. The van der Waals surface area contributed by atoms with Crippen molar-refractivity contribution in [2.45, 2.75) is 20.0 Å². The molecule has 0 fully saturated rings. The zero-order chi connectivity index (χ0) is 19.1. The molecule has 3 rings (SSSR count). The monoisotopic (exact) mass is 384 g/mol. The molecule has 1 N–H and O–H groups in total. The minimum absolute atomic E-state index is 0.143. The maximum absolute atomic E-state index is 11.6. The first-order valence-electron chi connectivity index (χ1n) is 8.99. The van der Waals surface area contributed by atoms with Crippen LogP contribution in [0.2, 0.25) is 0 Å². The van der Waals surface area contributed by atoms with Crippen LogP contribution < -0.4 is 5.32 Å². The number of pyridine rings is 1. The summed E-state index contributed by atoms with van der Waals surface area (Å²) in [4.78, 5) is 4.19.